The maximum absolute atomic E-state index is 12.6. The quantitative estimate of drug-likeness (QED) is 0.722. The molecule has 2 aliphatic rings. The van der Waals surface area contributed by atoms with E-state index in [2.05, 4.69) is 22.2 Å². The Bertz CT molecular complexity index is 948. The Kier molecular flexibility index (Phi) is 7.29. The van der Waals surface area contributed by atoms with Crippen LogP contribution in [0.4, 0.5) is 13.2 Å². The Morgan fingerprint density at radius 2 is 1.84 bits per heavy atom. The van der Waals surface area contributed by atoms with E-state index in [4.69, 9.17) is 14.3 Å². The Morgan fingerprint density at radius 3 is 2.34 bits per heavy atom. The number of alkyl halides is 3. The fourth-order valence-electron chi connectivity index (χ4n) is 4.24. The number of carbonyl (C=O) groups excluding carboxylic acids is 1. The Morgan fingerprint density at radius 1 is 1.22 bits per heavy atom. The van der Waals surface area contributed by atoms with Crippen LogP contribution in [0.1, 0.15) is 46.1 Å². The number of rotatable bonds is 3. The molecule has 0 aromatic carbocycles. The van der Waals surface area contributed by atoms with Gasteiger partial charge in [0.1, 0.15) is 5.76 Å². The average molecular weight is 474 g/mol. The maximum atomic E-state index is 12.6. The molecule has 0 atom stereocenters. The SMILES string of the molecule is Cc1nc(CN2CCC3(CCN(C(=O)c4ccoc4C)CC3)C2)cs1.O=C(O)C(F)(F)F. The van der Waals surface area contributed by atoms with E-state index >= 15 is 0 Å². The molecule has 2 aromatic rings. The van der Waals surface area contributed by atoms with Crippen molar-refractivity contribution in [3.05, 3.63) is 39.7 Å². The molecular formula is C21H26F3N3O4S. The highest BCUT2D eigenvalue weighted by molar-refractivity contribution is 7.09. The second-order valence-electron chi connectivity index (χ2n) is 8.30. The average Bonchev–Trinajstić information content (AvgIpc) is 3.43. The standard InChI is InChI=1S/C19H25N3O2S.C2HF3O2/c1-14-17(3-10-24-14)18(23)22-8-5-19(6-9-22)4-7-21(13-19)11-16-12-25-15(2)20-16;3-2(4,5)1(6)7/h3,10,12H,4-9,11,13H2,1-2H3;(H,6,7). The van der Waals surface area contributed by atoms with Crippen LogP contribution in [-0.4, -0.2) is 64.1 Å². The summed E-state index contributed by atoms with van der Waals surface area (Å²) in [5.41, 5.74) is 2.29. The molecule has 0 aliphatic carbocycles. The number of carbonyl (C=O) groups is 2. The molecule has 1 amide bonds. The lowest BCUT2D eigenvalue weighted by molar-refractivity contribution is -0.192. The van der Waals surface area contributed by atoms with Crippen LogP contribution in [0.15, 0.2) is 22.1 Å². The molecule has 7 nitrogen and oxygen atoms in total. The van der Waals surface area contributed by atoms with Gasteiger partial charge >= 0.3 is 12.1 Å². The Hall–Kier alpha value is -2.40. The molecule has 2 fully saturated rings. The molecule has 1 N–H and O–H groups in total. The number of amides is 1. The van der Waals surface area contributed by atoms with E-state index in [1.54, 1.807) is 23.7 Å². The summed E-state index contributed by atoms with van der Waals surface area (Å²) in [6, 6.07) is 1.79. The Labute approximate surface area is 187 Å². The van der Waals surface area contributed by atoms with Gasteiger partial charge in [-0.1, -0.05) is 0 Å². The second kappa shape index (κ2) is 9.62. The van der Waals surface area contributed by atoms with Gasteiger partial charge in [0.25, 0.3) is 5.91 Å². The highest BCUT2D eigenvalue weighted by Crippen LogP contribution is 2.41. The van der Waals surface area contributed by atoms with Crippen LogP contribution in [0.3, 0.4) is 0 Å². The first-order valence-corrected chi connectivity index (χ1v) is 11.1. The van der Waals surface area contributed by atoms with Gasteiger partial charge in [0.15, 0.2) is 0 Å². The lowest BCUT2D eigenvalue weighted by Crippen LogP contribution is -2.44. The molecule has 0 bridgehead atoms. The molecule has 176 valence electrons. The van der Waals surface area contributed by atoms with E-state index in [-0.39, 0.29) is 5.91 Å². The lowest BCUT2D eigenvalue weighted by atomic mass is 9.77. The van der Waals surface area contributed by atoms with Crippen LogP contribution >= 0.6 is 11.3 Å². The van der Waals surface area contributed by atoms with E-state index in [0.717, 1.165) is 56.3 Å². The number of aliphatic carboxylic acids is 1. The summed E-state index contributed by atoms with van der Waals surface area (Å²) in [5, 5.41) is 10.4. The number of carboxylic acids is 1. The van der Waals surface area contributed by atoms with E-state index < -0.39 is 12.1 Å². The fourth-order valence-corrected chi connectivity index (χ4v) is 4.85. The van der Waals surface area contributed by atoms with E-state index in [1.165, 1.54) is 12.1 Å². The van der Waals surface area contributed by atoms with Crippen molar-refractivity contribution in [1.82, 2.24) is 14.8 Å². The lowest BCUT2D eigenvalue weighted by Gasteiger charge is -2.39. The first-order valence-electron chi connectivity index (χ1n) is 10.3. The number of hydrogen-bond acceptors (Lipinski definition) is 6. The molecule has 4 rings (SSSR count). The highest BCUT2D eigenvalue weighted by atomic mass is 32.1. The van der Waals surface area contributed by atoms with Crippen LogP contribution in [0.25, 0.3) is 0 Å². The number of carboxylic acid groups (broad SMARTS) is 1. The van der Waals surface area contributed by atoms with Gasteiger partial charge in [0.05, 0.1) is 22.5 Å². The van der Waals surface area contributed by atoms with Crippen molar-refractivity contribution in [3.8, 4) is 0 Å². The first kappa shape index (κ1) is 24.2. The number of furan rings is 1. The summed E-state index contributed by atoms with van der Waals surface area (Å²) in [5.74, 6) is -1.92. The zero-order valence-electron chi connectivity index (χ0n) is 17.9. The predicted molar refractivity (Wildman–Crippen MR) is 111 cm³/mol. The van der Waals surface area contributed by atoms with Crippen molar-refractivity contribution in [2.75, 3.05) is 26.2 Å². The Balaban J connectivity index is 0.000000360. The minimum Gasteiger partial charge on any atom is -0.475 e. The molecule has 2 aliphatic heterocycles. The minimum atomic E-state index is -5.08. The summed E-state index contributed by atoms with van der Waals surface area (Å²) in [6.45, 7) is 8.87. The predicted octanol–water partition coefficient (Wildman–Crippen LogP) is 4.11. The highest BCUT2D eigenvalue weighted by Gasteiger charge is 2.41. The number of aromatic nitrogens is 1. The first-order chi connectivity index (χ1) is 15.0. The number of thiazole rings is 1. The van der Waals surface area contributed by atoms with Crippen molar-refractivity contribution in [2.45, 2.75) is 45.8 Å². The summed E-state index contributed by atoms with van der Waals surface area (Å²) in [4.78, 5) is 30.7. The van der Waals surface area contributed by atoms with Gasteiger partial charge in [-0.25, -0.2) is 9.78 Å². The van der Waals surface area contributed by atoms with Crippen molar-refractivity contribution in [3.63, 3.8) is 0 Å². The summed E-state index contributed by atoms with van der Waals surface area (Å²) in [7, 11) is 0. The monoisotopic (exact) mass is 473 g/mol. The van der Waals surface area contributed by atoms with Gasteiger partial charge in [-0.05, 0) is 51.1 Å². The molecule has 1 spiro atoms. The zero-order valence-corrected chi connectivity index (χ0v) is 18.8. The van der Waals surface area contributed by atoms with Crippen LogP contribution in [-0.2, 0) is 11.3 Å². The number of nitrogens with zero attached hydrogens (tertiary/aromatic N) is 3. The van der Waals surface area contributed by atoms with Gasteiger partial charge < -0.3 is 14.4 Å². The number of hydrogen-bond donors (Lipinski definition) is 1. The van der Waals surface area contributed by atoms with Gasteiger partial charge in [-0.3, -0.25) is 9.69 Å². The molecule has 2 saturated heterocycles. The molecule has 0 saturated carbocycles. The van der Waals surface area contributed by atoms with Crippen LogP contribution in [0.5, 0.6) is 0 Å². The van der Waals surface area contributed by atoms with E-state index in [1.807, 2.05) is 11.8 Å². The third-order valence-electron chi connectivity index (χ3n) is 6.01. The van der Waals surface area contributed by atoms with Crippen molar-refractivity contribution < 1.29 is 32.3 Å². The normalized spacial score (nSPS) is 18.5. The van der Waals surface area contributed by atoms with Crippen LogP contribution in [0, 0.1) is 19.3 Å². The van der Waals surface area contributed by atoms with Crippen LogP contribution in [0.2, 0.25) is 0 Å². The molecular weight excluding hydrogens is 447 g/mol. The molecule has 0 unspecified atom stereocenters. The van der Waals surface area contributed by atoms with Gasteiger partial charge in [-0.2, -0.15) is 13.2 Å². The summed E-state index contributed by atoms with van der Waals surface area (Å²) >= 11 is 1.73. The molecule has 0 radical (unpaired) electrons. The molecule has 32 heavy (non-hydrogen) atoms. The van der Waals surface area contributed by atoms with E-state index in [0.29, 0.717) is 11.0 Å². The topological polar surface area (TPSA) is 86.9 Å². The largest absolute Gasteiger partial charge is 0.490 e. The van der Waals surface area contributed by atoms with Crippen LogP contribution < -0.4 is 0 Å². The number of aryl methyl sites for hydroxylation is 2. The van der Waals surface area contributed by atoms with Gasteiger partial charge in [0, 0.05) is 31.6 Å². The number of likely N-dealkylation sites (tertiary alicyclic amines) is 2. The second-order valence-corrected chi connectivity index (χ2v) is 9.37. The van der Waals surface area contributed by atoms with Gasteiger partial charge in [0.2, 0.25) is 0 Å². The molecule has 2 aromatic heterocycles. The van der Waals surface area contributed by atoms with Gasteiger partial charge in [-0.15, -0.1) is 11.3 Å². The number of piperidine rings is 1. The third kappa shape index (κ3) is 5.89. The zero-order chi connectivity index (χ0) is 23.5. The van der Waals surface area contributed by atoms with E-state index in [9.17, 15) is 18.0 Å². The number of halogens is 3. The molecule has 4 heterocycles. The third-order valence-corrected chi connectivity index (χ3v) is 6.83. The molecule has 11 heteroatoms. The minimum absolute atomic E-state index is 0.119. The van der Waals surface area contributed by atoms with Crippen molar-refractivity contribution in [2.24, 2.45) is 5.41 Å². The smallest absolute Gasteiger partial charge is 0.475 e. The van der Waals surface area contributed by atoms with Crippen molar-refractivity contribution in [1.29, 1.82) is 0 Å². The maximum Gasteiger partial charge on any atom is 0.490 e. The summed E-state index contributed by atoms with van der Waals surface area (Å²) < 4.78 is 37.0. The van der Waals surface area contributed by atoms with Crippen molar-refractivity contribution >= 4 is 23.2 Å². The summed E-state index contributed by atoms with van der Waals surface area (Å²) in [6.07, 6.45) is -0.0452. The fraction of sp³-hybridized carbons (Fsp3) is 0.571.